The Bertz CT molecular complexity index is 1700. The lowest BCUT2D eigenvalue weighted by atomic mass is 10.1. The fourth-order valence-electron chi connectivity index (χ4n) is 6.39. The second-order valence-corrected chi connectivity index (χ2v) is 18.2. The second-order valence-electron chi connectivity index (χ2n) is 13.1. The summed E-state index contributed by atoms with van der Waals surface area (Å²) in [7, 11) is -2.68. The number of nitro groups is 1. The maximum atomic E-state index is 13.6. The molecule has 250 valence electrons. The molecule has 3 heterocycles. The number of amides is 1. The lowest BCUT2D eigenvalue weighted by Gasteiger charge is -2.49. The number of esters is 1. The molecule has 3 aromatic carbocycles. The number of nitrogens with zero attached hydrogens (tertiary/aromatic N) is 4. The van der Waals surface area contributed by atoms with Gasteiger partial charge < -0.3 is 24.3 Å². The first-order valence-electron chi connectivity index (χ1n) is 16.0. The van der Waals surface area contributed by atoms with Crippen molar-refractivity contribution in [2.75, 3.05) is 37.6 Å². The Morgan fingerprint density at radius 3 is 2.21 bits per heavy atom. The summed E-state index contributed by atoms with van der Waals surface area (Å²) in [4.78, 5) is 45.5. The van der Waals surface area contributed by atoms with Gasteiger partial charge in [-0.05, 0) is 33.1 Å². The highest BCUT2D eigenvalue weighted by Gasteiger charge is 2.53. The molecule has 48 heavy (non-hydrogen) atoms. The molecule has 1 atom stereocenters. The third kappa shape index (κ3) is 6.76. The molecule has 1 N–H and O–H groups in total. The number of anilines is 1. The van der Waals surface area contributed by atoms with E-state index in [2.05, 4.69) is 79.5 Å². The van der Waals surface area contributed by atoms with Crippen LogP contribution in [0.4, 0.5) is 10.8 Å². The van der Waals surface area contributed by atoms with E-state index in [9.17, 15) is 19.7 Å². The van der Waals surface area contributed by atoms with Crippen molar-refractivity contribution in [2.24, 2.45) is 0 Å². The first-order chi connectivity index (χ1) is 23.1. The summed E-state index contributed by atoms with van der Waals surface area (Å²) in [5.41, 5.74) is 0.870. The van der Waals surface area contributed by atoms with Crippen LogP contribution in [0.2, 0.25) is 5.04 Å². The van der Waals surface area contributed by atoms with E-state index in [-0.39, 0.29) is 35.9 Å². The third-order valence-corrected chi connectivity index (χ3v) is 14.9. The summed E-state index contributed by atoms with van der Waals surface area (Å²) in [6.45, 7) is 9.21. The predicted molar refractivity (Wildman–Crippen MR) is 187 cm³/mol. The Kier molecular flexibility index (Phi) is 9.74. The van der Waals surface area contributed by atoms with Crippen molar-refractivity contribution < 1.29 is 23.7 Å². The van der Waals surface area contributed by atoms with Gasteiger partial charge in [-0.3, -0.25) is 14.9 Å². The zero-order chi connectivity index (χ0) is 33.9. The number of hydrogen-bond donors (Lipinski definition) is 1. The van der Waals surface area contributed by atoms with Crippen LogP contribution in [-0.2, 0) is 20.6 Å². The molecule has 13 heteroatoms. The number of piperazine rings is 1. The highest BCUT2D eigenvalue weighted by molar-refractivity contribution is 7.14. The standard InChI is InChI=1S/C35H39N5O6SSi/c1-35(2,3)48(28-10-6-4-7-11-28,29-12-8-5-9-13-29)46-27-21-38(22-27)34-37-30(24-47-34)32(41)39-19-18-36-20-31(39)33(42)45-23-25-14-16-26(17-15-25)40(43)44/h4-17,24,27,31,36H,18-23H2,1-3H3. The SMILES string of the molecule is CC(C)(C)[Si](OC1CN(c2nc(C(=O)N3CCNCC3C(=O)OCc3ccc([N+](=O)[O-])cc3)cs2)C1)(c1ccccc1)c1ccccc1. The van der Waals surface area contributed by atoms with Crippen LogP contribution in [0.5, 0.6) is 0 Å². The number of carbonyl (C=O) groups is 2. The molecule has 1 aromatic heterocycles. The number of nitro benzene ring substituents is 1. The van der Waals surface area contributed by atoms with Gasteiger partial charge in [0.15, 0.2) is 5.13 Å². The Balaban J connectivity index is 1.11. The Hall–Kier alpha value is -4.43. The van der Waals surface area contributed by atoms with Gasteiger partial charge in [0.1, 0.15) is 18.3 Å². The molecule has 2 saturated heterocycles. The average molecular weight is 686 g/mol. The highest BCUT2D eigenvalue weighted by atomic mass is 32.1. The van der Waals surface area contributed by atoms with E-state index < -0.39 is 25.3 Å². The minimum Gasteiger partial charge on any atom is -0.459 e. The molecule has 2 aliphatic rings. The maximum Gasteiger partial charge on any atom is 0.330 e. The highest BCUT2D eigenvalue weighted by Crippen LogP contribution is 2.39. The van der Waals surface area contributed by atoms with Gasteiger partial charge in [0, 0.05) is 50.2 Å². The molecular weight excluding hydrogens is 647 g/mol. The fourth-order valence-corrected chi connectivity index (χ4v) is 11.9. The largest absolute Gasteiger partial charge is 0.459 e. The summed E-state index contributed by atoms with van der Waals surface area (Å²) in [5.74, 6) is -0.868. The van der Waals surface area contributed by atoms with Crippen LogP contribution in [0.3, 0.4) is 0 Å². The van der Waals surface area contributed by atoms with Gasteiger partial charge in [-0.1, -0.05) is 81.4 Å². The van der Waals surface area contributed by atoms with Gasteiger partial charge >= 0.3 is 5.97 Å². The molecule has 0 saturated carbocycles. The van der Waals surface area contributed by atoms with E-state index in [1.165, 1.54) is 38.7 Å². The van der Waals surface area contributed by atoms with E-state index in [0.717, 1.165) is 5.13 Å². The first kappa shape index (κ1) is 33.5. The predicted octanol–water partition coefficient (Wildman–Crippen LogP) is 3.97. The molecular formula is C35H39N5O6SSi. The number of non-ortho nitro benzene ring substituents is 1. The molecule has 4 aromatic rings. The van der Waals surface area contributed by atoms with E-state index in [1.807, 2.05) is 12.1 Å². The number of carbonyl (C=O) groups excluding carboxylic acids is 2. The topological polar surface area (TPSA) is 127 Å². The molecule has 0 radical (unpaired) electrons. The van der Waals surface area contributed by atoms with Crippen molar-refractivity contribution in [3.05, 3.63) is 112 Å². The molecule has 1 unspecified atom stereocenters. The first-order valence-corrected chi connectivity index (χ1v) is 18.8. The maximum absolute atomic E-state index is 13.6. The monoisotopic (exact) mass is 685 g/mol. The number of ether oxygens (including phenoxy) is 1. The third-order valence-electron chi connectivity index (χ3n) is 8.89. The molecule has 2 aliphatic heterocycles. The Labute approximate surface area is 284 Å². The summed E-state index contributed by atoms with van der Waals surface area (Å²) in [6.07, 6.45) is 0.00225. The van der Waals surface area contributed by atoms with Gasteiger partial charge in [0.25, 0.3) is 19.9 Å². The van der Waals surface area contributed by atoms with E-state index in [0.29, 0.717) is 37.4 Å². The van der Waals surface area contributed by atoms with Crippen molar-refractivity contribution in [1.82, 2.24) is 15.2 Å². The lowest BCUT2D eigenvalue weighted by molar-refractivity contribution is -0.384. The Morgan fingerprint density at radius 1 is 1.00 bits per heavy atom. The lowest BCUT2D eigenvalue weighted by Crippen LogP contribution is -2.70. The normalized spacial score (nSPS) is 17.1. The van der Waals surface area contributed by atoms with Crippen LogP contribution in [0.15, 0.2) is 90.3 Å². The molecule has 2 fully saturated rings. The number of nitrogens with one attached hydrogen (secondary N) is 1. The van der Waals surface area contributed by atoms with Crippen LogP contribution in [0.25, 0.3) is 0 Å². The fraction of sp³-hybridized carbons (Fsp3) is 0.343. The molecule has 0 aliphatic carbocycles. The number of rotatable bonds is 10. The number of aromatic nitrogens is 1. The van der Waals surface area contributed by atoms with Crippen molar-refractivity contribution in [2.45, 2.75) is 44.6 Å². The van der Waals surface area contributed by atoms with Gasteiger partial charge in [-0.25, -0.2) is 9.78 Å². The van der Waals surface area contributed by atoms with Crippen LogP contribution >= 0.6 is 11.3 Å². The number of benzene rings is 3. The van der Waals surface area contributed by atoms with E-state index in [4.69, 9.17) is 14.1 Å². The van der Waals surface area contributed by atoms with Gasteiger partial charge in [-0.15, -0.1) is 11.3 Å². The summed E-state index contributed by atoms with van der Waals surface area (Å²) < 4.78 is 12.7. The molecule has 0 spiro atoms. The average Bonchev–Trinajstić information content (AvgIpc) is 3.56. The zero-order valence-corrected chi connectivity index (χ0v) is 29.0. The van der Waals surface area contributed by atoms with Crippen LogP contribution in [0.1, 0.15) is 36.8 Å². The smallest absolute Gasteiger partial charge is 0.330 e. The van der Waals surface area contributed by atoms with Gasteiger partial charge in [0.05, 0.1) is 11.0 Å². The molecule has 11 nitrogen and oxygen atoms in total. The number of hydrogen-bond acceptors (Lipinski definition) is 10. The van der Waals surface area contributed by atoms with Crippen LogP contribution in [-0.4, -0.2) is 79.9 Å². The van der Waals surface area contributed by atoms with Crippen LogP contribution in [0, 0.1) is 10.1 Å². The quantitative estimate of drug-likeness (QED) is 0.114. The molecule has 0 bridgehead atoms. The van der Waals surface area contributed by atoms with E-state index >= 15 is 0 Å². The minimum atomic E-state index is -2.68. The Morgan fingerprint density at radius 2 is 1.62 bits per heavy atom. The van der Waals surface area contributed by atoms with E-state index in [1.54, 1.807) is 17.5 Å². The van der Waals surface area contributed by atoms with Crippen molar-refractivity contribution in [1.29, 1.82) is 0 Å². The minimum absolute atomic E-state index is 0.00225. The summed E-state index contributed by atoms with van der Waals surface area (Å²) >= 11 is 1.41. The van der Waals surface area contributed by atoms with Crippen LogP contribution < -0.4 is 20.6 Å². The number of thiazole rings is 1. The van der Waals surface area contributed by atoms with Crippen molar-refractivity contribution in [3.63, 3.8) is 0 Å². The van der Waals surface area contributed by atoms with Crippen molar-refractivity contribution >= 4 is 52.7 Å². The zero-order valence-electron chi connectivity index (χ0n) is 27.2. The van der Waals surface area contributed by atoms with Crippen molar-refractivity contribution in [3.8, 4) is 0 Å². The van der Waals surface area contributed by atoms with Gasteiger partial charge in [0.2, 0.25) is 0 Å². The van der Waals surface area contributed by atoms with Gasteiger partial charge in [-0.2, -0.15) is 0 Å². The summed E-state index contributed by atoms with van der Waals surface area (Å²) in [6, 6.07) is 26.2. The second kappa shape index (κ2) is 14.0. The molecule has 1 amide bonds. The molecule has 6 rings (SSSR count). The summed E-state index contributed by atoms with van der Waals surface area (Å²) in [5, 5.41) is 18.9.